The molecule has 0 aliphatic heterocycles. The third kappa shape index (κ3) is 4.43. The Hall–Kier alpha value is -2.22. The van der Waals surface area contributed by atoms with Gasteiger partial charge in [0.1, 0.15) is 12.1 Å². The van der Waals surface area contributed by atoms with Crippen molar-refractivity contribution >= 4 is 21.4 Å². The number of hydrogen-bond donors (Lipinski definition) is 2. The second kappa shape index (κ2) is 8.13. The van der Waals surface area contributed by atoms with Crippen molar-refractivity contribution in [3.8, 4) is 0 Å². The van der Waals surface area contributed by atoms with Crippen LogP contribution in [0.1, 0.15) is 57.9 Å². The molecule has 8 heteroatoms. The minimum absolute atomic E-state index is 0.171. The van der Waals surface area contributed by atoms with Crippen molar-refractivity contribution in [3.63, 3.8) is 0 Å². The predicted octanol–water partition coefficient (Wildman–Crippen LogP) is 3.71. The lowest BCUT2D eigenvalue weighted by Gasteiger charge is -2.48. The zero-order valence-corrected chi connectivity index (χ0v) is 18.4. The van der Waals surface area contributed by atoms with E-state index in [1.807, 2.05) is 12.1 Å². The van der Waals surface area contributed by atoms with Gasteiger partial charge in [0.25, 0.3) is 0 Å². The third-order valence-electron chi connectivity index (χ3n) is 6.93. The molecule has 4 rings (SSSR count). The van der Waals surface area contributed by atoms with Crippen molar-refractivity contribution in [3.05, 3.63) is 36.2 Å². The van der Waals surface area contributed by atoms with E-state index in [0.717, 1.165) is 24.1 Å². The molecule has 2 aliphatic carbocycles. The van der Waals surface area contributed by atoms with Crippen LogP contribution in [0.3, 0.4) is 0 Å². The summed E-state index contributed by atoms with van der Waals surface area (Å²) in [5, 5.41) is 8.19. The average Bonchev–Trinajstić information content (AvgIpc) is 3.23. The van der Waals surface area contributed by atoms with Gasteiger partial charge in [-0.1, -0.05) is 32.4 Å². The number of fused-ring (bicyclic) bond motifs is 2. The molecule has 1 heterocycles. The highest BCUT2D eigenvalue weighted by atomic mass is 32.2. The summed E-state index contributed by atoms with van der Waals surface area (Å²) in [5.74, 6) is 1.25. The van der Waals surface area contributed by atoms with Gasteiger partial charge in [-0.25, -0.2) is 13.4 Å². The summed E-state index contributed by atoms with van der Waals surface area (Å²) in [6.45, 7) is 4.69. The van der Waals surface area contributed by atoms with Gasteiger partial charge in [0, 0.05) is 5.69 Å². The van der Waals surface area contributed by atoms with Crippen LogP contribution in [0.15, 0.2) is 35.7 Å². The number of rotatable bonds is 6. The van der Waals surface area contributed by atoms with Crippen molar-refractivity contribution in [2.24, 2.45) is 17.8 Å². The first-order valence-electron chi connectivity index (χ1n) is 10.8. The van der Waals surface area contributed by atoms with Gasteiger partial charge in [0.2, 0.25) is 20.9 Å². The lowest BCUT2D eigenvalue weighted by atomic mass is 9.57. The van der Waals surface area contributed by atoms with Crippen molar-refractivity contribution < 1.29 is 13.2 Å². The summed E-state index contributed by atoms with van der Waals surface area (Å²) < 4.78 is 24.3. The Balaban J connectivity index is 1.40. The van der Waals surface area contributed by atoms with Gasteiger partial charge in [0.05, 0.1) is 0 Å². The zero-order valence-electron chi connectivity index (χ0n) is 17.6. The average molecular weight is 431 g/mol. The Morgan fingerprint density at radius 1 is 1.17 bits per heavy atom. The minimum Gasteiger partial charge on any atom is -0.325 e. The van der Waals surface area contributed by atoms with Crippen molar-refractivity contribution in [2.75, 3.05) is 11.1 Å². The lowest BCUT2D eigenvalue weighted by molar-refractivity contribution is -0.113. The van der Waals surface area contributed by atoms with Crippen LogP contribution >= 0.6 is 0 Å². The van der Waals surface area contributed by atoms with Crippen LogP contribution < -0.4 is 5.32 Å². The molecule has 1 aromatic carbocycles. The maximum Gasteiger partial charge on any atom is 0.243 e. The van der Waals surface area contributed by atoms with Crippen LogP contribution in [0.5, 0.6) is 0 Å². The molecule has 30 heavy (non-hydrogen) atoms. The Bertz CT molecular complexity index is 972. The van der Waals surface area contributed by atoms with Crippen molar-refractivity contribution in [1.82, 2.24) is 15.2 Å². The summed E-state index contributed by atoms with van der Waals surface area (Å²) in [6, 6.07) is 7.91. The second-order valence-corrected chi connectivity index (χ2v) is 11.3. The molecule has 2 aliphatic rings. The topological polar surface area (TPSA) is 105 Å². The highest BCUT2D eigenvalue weighted by molar-refractivity contribution is 7.91. The van der Waals surface area contributed by atoms with Crippen LogP contribution in [0.4, 0.5) is 5.69 Å². The maximum absolute atomic E-state index is 12.2. The molecule has 1 amide bonds. The number of aromatic amines is 1. The first kappa shape index (κ1) is 21.0. The summed E-state index contributed by atoms with van der Waals surface area (Å²) in [4.78, 5) is 15.8. The number of carbonyl (C=O) groups is 1. The number of aromatic nitrogens is 3. The van der Waals surface area contributed by atoms with E-state index >= 15 is 0 Å². The highest BCUT2D eigenvalue weighted by Crippen LogP contribution is 2.51. The number of nitrogens with one attached hydrogen (secondary N) is 2. The van der Waals surface area contributed by atoms with Gasteiger partial charge in [0.15, 0.2) is 0 Å². The van der Waals surface area contributed by atoms with Crippen LogP contribution in [-0.4, -0.2) is 35.3 Å². The minimum atomic E-state index is -3.83. The Labute approximate surface area is 178 Å². The largest absolute Gasteiger partial charge is 0.325 e. The molecule has 2 N–H and O–H groups in total. The number of H-pyrrole nitrogens is 1. The summed E-state index contributed by atoms with van der Waals surface area (Å²) in [5.41, 5.74) is 2.08. The maximum atomic E-state index is 12.2. The zero-order chi connectivity index (χ0) is 21.4. The van der Waals surface area contributed by atoms with Gasteiger partial charge in [-0.2, -0.15) is 5.10 Å². The number of carbonyl (C=O) groups excluding carboxylic acids is 1. The van der Waals surface area contributed by atoms with E-state index in [-0.39, 0.29) is 10.6 Å². The Kier molecular flexibility index (Phi) is 5.70. The van der Waals surface area contributed by atoms with Gasteiger partial charge >= 0.3 is 0 Å². The molecule has 2 unspecified atom stereocenters. The van der Waals surface area contributed by atoms with Crippen LogP contribution in [0, 0.1) is 17.8 Å². The van der Waals surface area contributed by atoms with E-state index in [4.69, 9.17) is 0 Å². The quantitative estimate of drug-likeness (QED) is 0.727. The van der Waals surface area contributed by atoms with Gasteiger partial charge < -0.3 is 5.32 Å². The van der Waals surface area contributed by atoms with Gasteiger partial charge in [-0.05, 0) is 73.0 Å². The Morgan fingerprint density at radius 2 is 1.83 bits per heavy atom. The van der Waals surface area contributed by atoms with Crippen molar-refractivity contribution in [2.45, 2.75) is 62.9 Å². The van der Waals surface area contributed by atoms with Crippen molar-refractivity contribution in [1.29, 1.82) is 0 Å². The molecule has 162 valence electrons. The van der Waals surface area contributed by atoms with E-state index in [1.54, 1.807) is 0 Å². The van der Waals surface area contributed by atoms with E-state index in [9.17, 15) is 13.2 Å². The number of anilines is 1. The number of sulfone groups is 1. The molecule has 2 aromatic rings. The summed E-state index contributed by atoms with van der Waals surface area (Å²) in [6.07, 6.45) is 8.94. The molecule has 0 radical (unpaired) electrons. The second-order valence-electron chi connectivity index (χ2n) is 9.36. The van der Waals surface area contributed by atoms with Crippen LogP contribution in [0.25, 0.3) is 0 Å². The van der Waals surface area contributed by atoms with Gasteiger partial charge in [-0.3, -0.25) is 9.89 Å². The SMILES string of the molecule is CCC1CC2CC(C1)CC(C)(c1ccc(NC(=O)CS(=O)(=O)c3ncn[nH]3)cc1)C2. The van der Waals surface area contributed by atoms with Crippen LogP contribution in [-0.2, 0) is 20.0 Å². The standard InChI is InChI=1S/C22H30N4O3S/c1-3-15-8-16-10-17(9-15)12-22(2,11-16)18-4-6-19(7-5-18)25-20(27)13-30(28,29)21-23-14-24-26-21/h4-7,14-17H,3,8-13H2,1-2H3,(H,25,27)(H,23,24,26). The first-order chi connectivity index (χ1) is 14.3. The lowest BCUT2D eigenvalue weighted by Crippen LogP contribution is -2.39. The highest BCUT2D eigenvalue weighted by Gasteiger charge is 2.42. The molecule has 0 saturated heterocycles. The van der Waals surface area contributed by atoms with Gasteiger partial charge in [-0.15, -0.1) is 0 Å². The summed E-state index contributed by atoms with van der Waals surface area (Å²) >= 11 is 0. The molecule has 2 atom stereocenters. The van der Waals surface area contributed by atoms with E-state index in [2.05, 4.69) is 46.5 Å². The number of amides is 1. The number of benzene rings is 1. The number of nitrogens with zero attached hydrogens (tertiary/aromatic N) is 2. The Morgan fingerprint density at radius 3 is 2.40 bits per heavy atom. The number of hydrogen-bond acceptors (Lipinski definition) is 5. The molecule has 7 nitrogen and oxygen atoms in total. The molecule has 2 saturated carbocycles. The molecule has 1 aromatic heterocycles. The first-order valence-corrected chi connectivity index (χ1v) is 12.4. The predicted molar refractivity (Wildman–Crippen MR) is 115 cm³/mol. The fourth-order valence-corrected chi connectivity index (χ4v) is 6.65. The van der Waals surface area contributed by atoms with Crippen LogP contribution in [0.2, 0.25) is 0 Å². The third-order valence-corrected chi connectivity index (χ3v) is 8.36. The fourth-order valence-electron chi connectivity index (χ4n) is 5.70. The molecule has 0 spiro atoms. The summed E-state index contributed by atoms with van der Waals surface area (Å²) in [7, 11) is -3.83. The van der Waals surface area contributed by atoms with E-state index in [0.29, 0.717) is 5.69 Å². The van der Waals surface area contributed by atoms with E-state index < -0.39 is 21.5 Å². The van der Waals surface area contributed by atoms with E-state index in [1.165, 1.54) is 44.1 Å². The molecule has 2 bridgehead atoms. The normalized spacial score (nSPS) is 28.8. The molecular weight excluding hydrogens is 400 g/mol. The molecular formula is C22H30N4O3S. The fraction of sp³-hybridized carbons (Fsp3) is 0.591. The molecule has 2 fully saturated rings. The monoisotopic (exact) mass is 430 g/mol. The smallest absolute Gasteiger partial charge is 0.243 e.